The maximum absolute atomic E-state index is 12.2. The molecule has 1 unspecified atom stereocenters. The van der Waals surface area contributed by atoms with Gasteiger partial charge in [-0.3, -0.25) is 14.9 Å². The lowest BCUT2D eigenvalue weighted by Crippen LogP contribution is -2.22. The van der Waals surface area contributed by atoms with E-state index in [1.165, 1.54) is 0 Å². The van der Waals surface area contributed by atoms with E-state index < -0.39 is 18.0 Å². The molecule has 1 saturated heterocycles. The fourth-order valence-electron chi connectivity index (χ4n) is 2.25. The molecule has 0 aliphatic carbocycles. The van der Waals surface area contributed by atoms with Crippen LogP contribution in [0.4, 0.5) is 10.5 Å². The Bertz CT molecular complexity index is 789. The Morgan fingerprint density at radius 1 is 1.09 bits per heavy atom. The van der Waals surface area contributed by atoms with Crippen LogP contribution < -0.4 is 16.0 Å². The summed E-state index contributed by atoms with van der Waals surface area (Å²) in [4.78, 5) is 35.0. The molecule has 3 N–H and O–H groups in total. The lowest BCUT2D eigenvalue weighted by Gasteiger charge is -2.10. The van der Waals surface area contributed by atoms with Gasteiger partial charge in [-0.25, -0.2) is 4.79 Å². The first kappa shape index (κ1) is 15.1. The Morgan fingerprint density at radius 3 is 2.48 bits per heavy atom. The molecule has 0 saturated carbocycles. The van der Waals surface area contributed by atoms with Gasteiger partial charge in [-0.1, -0.05) is 23.7 Å². The van der Waals surface area contributed by atoms with Gasteiger partial charge in [0.2, 0.25) is 0 Å². The molecule has 0 aromatic heterocycles. The molecule has 2 aromatic carbocycles. The van der Waals surface area contributed by atoms with Gasteiger partial charge < -0.3 is 10.6 Å². The Hall–Kier alpha value is -2.86. The Kier molecular flexibility index (Phi) is 3.99. The van der Waals surface area contributed by atoms with Crippen LogP contribution in [0.1, 0.15) is 22.0 Å². The van der Waals surface area contributed by atoms with Gasteiger partial charge in [0.15, 0.2) is 0 Å². The zero-order valence-electron chi connectivity index (χ0n) is 11.8. The summed E-state index contributed by atoms with van der Waals surface area (Å²) in [5.41, 5.74) is 1.57. The van der Waals surface area contributed by atoms with Crippen molar-refractivity contribution in [2.24, 2.45) is 0 Å². The zero-order valence-corrected chi connectivity index (χ0v) is 12.6. The van der Waals surface area contributed by atoms with Crippen molar-refractivity contribution in [3.05, 3.63) is 64.7 Å². The quantitative estimate of drug-likeness (QED) is 0.756. The van der Waals surface area contributed by atoms with Crippen molar-refractivity contribution >= 4 is 35.1 Å². The number of amides is 4. The van der Waals surface area contributed by atoms with E-state index in [4.69, 9.17) is 11.6 Å². The van der Waals surface area contributed by atoms with Gasteiger partial charge in [-0.05, 0) is 42.0 Å². The topological polar surface area (TPSA) is 87.3 Å². The van der Waals surface area contributed by atoms with Crippen LogP contribution in [-0.2, 0) is 4.79 Å². The van der Waals surface area contributed by atoms with Crippen LogP contribution in [0.15, 0.2) is 48.5 Å². The van der Waals surface area contributed by atoms with Crippen LogP contribution in [0.3, 0.4) is 0 Å². The second-order valence-corrected chi connectivity index (χ2v) is 5.42. The van der Waals surface area contributed by atoms with Crippen molar-refractivity contribution in [1.82, 2.24) is 10.6 Å². The van der Waals surface area contributed by atoms with Gasteiger partial charge in [0.1, 0.15) is 6.04 Å². The minimum Gasteiger partial charge on any atom is -0.322 e. The maximum Gasteiger partial charge on any atom is 0.322 e. The average Bonchev–Trinajstić information content (AvgIpc) is 2.87. The molecule has 0 radical (unpaired) electrons. The lowest BCUT2D eigenvalue weighted by atomic mass is 10.1. The van der Waals surface area contributed by atoms with Crippen LogP contribution in [0.25, 0.3) is 0 Å². The maximum atomic E-state index is 12.2. The molecule has 0 bridgehead atoms. The number of carbonyl (C=O) groups excluding carboxylic acids is 3. The third-order valence-electron chi connectivity index (χ3n) is 3.36. The molecule has 4 amide bonds. The molecule has 2 aromatic rings. The number of benzene rings is 2. The lowest BCUT2D eigenvalue weighted by molar-refractivity contribution is -0.120. The standard InChI is InChI=1S/C16H12ClN3O3/c17-11-6-4-9(5-7-11)14(21)18-12-3-1-2-10(8-12)13-15(22)20-16(23)19-13/h1-8,13H,(H,18,21)(H2,19,20,22,23). The first-order valence-corrected chi connectivity index (χ1v) is 7.19. The molecular formula is C16H12ClN3O3. The first-order valence-electron chi connectivity index (χ1n) is 6.81. The van der Waals surface area contributed by atoms with Crippen molar-refractivity contribution < 1.29 is 14.4 Å². The van der Waals surface area contributed by atoms with E-state index in [0.29, 0.717) is 21.8 Å². The van der Waals surface area contributed by atoms with Crippen LogP contribution in [0, 0.1) is 0 Å². The molecule has 1 atom stereocenters. The van der Waals surface area contributed by atoms with Gasteiger partial charge in [0, 0.05) is 16.3 Å². The van der Waals surface area contributed by atoms with Gasteiger partial charge in [0.25, 0.3) is 11.8 Å². The van der Waals surface area contributed by atoms with Gasteiger partial charge in [-0.2, -0.15) is 0 Å². The Morgan fingerprint density at radius 2 is 1.83 bits per heavy atom. The summed E-state index contributed by atoms with van der Waals surface area (Å²) in [5, 5.41) is 7.97. The largest absolute Gasteiger partial charge is 0.322 e. The van der Waals surface area contributed by atoms with E-state index in [9.17, 15) is 14.4 Å². The summed E-state index contributed by atoms with van der Waals surface area (Å²) in [6, 6.07) is 12.0. The van der Waals surface area contributed by atoms with Gasteiger partial charge >= 0.3 is 6.03 Å². The number of carbonyl (C=O) groups is 3. The molecule has 1 heterocycles. The summed E-state index contributed by atoms with van der Waals surface area (Å²) < 4.78 is 0. The molecule has 1 aliphatic rings. The normalized spacial score (nSPS) is 16.7. The number of hydrogen-bond donors (Lipinski definition) is 3. The predicted molar refractivity (Wildman–Crippen MR) is 85.3 cm³/mol. The fraction of sp³-hybridized carbons (Fsp3) is 0.0625. The molecule has 23 heavy (non-hydrogen) atoms. The number of rotatable bonds is 3. The molecule has 1 fully saturated rings. The molecule has 1 aliphatic heterocycles. The van der Waals surface area contributed by atoms with Crippen LogP contribution >= 0.6 is 11.6 Å². The van der Waals surface area contributed by atoms with Crippen LogP contribution in [-0.4, -0.2) is 17.8 Å². The van der Waals surface area contributed by atoms with E-state index in [2.05, 4.69) is 16.0 Å². The van der Waals surface area contributed by atoms with Gasteiger partial charge in [-0.15, -0.1) is 0 Å². The van der Waals surface area contributed by atoms with E-state index in [-0.39, 0.29) is 5.91 Å². The van der Waals surface area contributed by atoms with Crippen molar-refractivity contribution in [2.75, 3.05) is 5.32 Å². The minimum absolute atomic E-state index is 0.293. The second-order valence-electron chi connectivity index (χ2n) is 4.98. The highest BCUT2D eigenvalue weighted by Gasteiger charge is 2.30. The molecule has 3 rings (SSSR count). The minimum atomic E-state index is -0.755. The summed E-state index contributed by atoms with van der Waals surface area (Å²) in [6.45, 7) is 0. The summed E-state index contributed by atoms with van der Waals surface area (Å²) in [7, 11) is 0. The third kappa shape index (κ3) is 3.32. The SMILES string of the molecule is O=C1NC(=O)C(c2cccc(NC(=O)c3ccc(Cl)cc3)c2)N1. The predicted octanol–water partition coefficient (Wildman–Crippen LogP) is 2.47. The summed E-state index contributed by atoms with van der Waals surface area (Å²) in [6.07, 6.45) is 0. The first-order chi connectivity index (χ1) is 11.0. The smallest absolute Gasteiger partial charge is 0.322 e. The Labute approximate surface area is 136 Å². The molecule has 0 spiro atoms. The van der Waals surface area contributed by atoms with Crippen molar-refractivity contribution in [3.63, 3.8) is 0 Å². The highest BCUT2D eigenvalue weighted by molar-refractivity contribution is 6.30. The summed E-state index contributed by atoms with van der Waals surface area (Å²) in [5.74, 6) is -0.713. The van der Waals surface area contributed by atoms with E-state index >= 15 is 0 Å². The highest BCUT2D eigenvalue weighted by Crippen LogP contribution is 2.21. The second kappa shape index (κ2) is 6.10. The molecule has 7 heteroatoms. The zero-order chi connectivity index (χ0) is 16.4. The van der Waals surface area contributed by atoms with Crippen molar-refractivity contribution in [3.8, 4) is 0 Å². The number of imide groups is 1. The van der Waals surface area contributed by atoms with Crippen LogP contribution in [0.2, 0.25) is 5.02 Å². The molecular weight excluding hydrogens is 318 g/mol. The number of halogens is 1. The van der Waals surface area contributed by atoms with Crippen molar-refractivity contribution in [2.45, 2.75) is 6.04 Å². The van der Waals surface area contributed by atoms with Crippen LogP contribution in [0.5, 0.6) is 0 Å². The number of anilines is 1. The van der Waals surface area contributed by atoms with E-state index in [1.54, 1.807) is 48.5 Å². The number of hydrogen-bond acceptors (Lipinski definition) is 3. The van der Waals surface area contributed by atoms with Crippen molar-refractivity contribution in [1.29, 1.82) is 0 Å². The third-order valence-corrected chi connectivity index (χ3v) is 3.61. The molecule has 116 valence electrons. The fourth-order valence-corrected chi connectivity index (χ4v) is 2.38. The number of urea groups is 1. The van der Waals surface area contributed by atoms with Gasteiger partial charge in [0.05, 0.1) is 0 Å². The monoisotopic (exact) mass is 329 g/mol. The van der Waals surface area contributed by atoms with E-state index in [1.807, 2.05) is 0 Å². The average molecular weight is 330 g/mol. The Balaban J connectivity index is 1.77. The number of nitrogens with one attached hydrogen (secondary N) is 3. The highest BCUT2D eigenvalue weighted by atomic mass is 35.5. The molecule has 6 nitrogen and oxygen atoms in total. The summed E-state index contributed by atoms with van der Waals surface area (Å²) >= 11 is 5.79. The van der Waals surface area contributed by atoms with E-state index in [0.717, 1.165) is 0 Å².